The monoisotopic (exact) mass is 332 g/mol. The van der Waals surface area contributed by atoms with Crippen LogP contribution in [0.15, 0.2) is 42.5 Å². The minimum Gasteiger partial charge on any atom is -0.326 e. The molecule has 6 heteroatoms. The average Bonchev–Trinajstić information content (AvgIpc) is 2.95. The number of nitrogens with zero attached hydrogens (tertiary/aromatic N) is 2. The van der Waals surface area contributed by atoms with Crippen molar-refractivity contribution in [3.63, 3.8) is 0 Å². The van der Waals surface area contributed by atoms with E-state index in [9.17, 15) is 0 Å². The van der Waals surface area contributed by atoms with Crippen LogP contribution in [0.2, 0.25) is 10.0 Å². The lowest BCUT2D eigenvalue weighted by molar-refractivity contribution is 0.973. The van der Waals surface area contributed by atoms with Crippen LogP contribution in [0.3, 0.4) is 0 Å². The number of benzene rings is 2. The molecular formula is C16H14Cl2N4. The molecule has 0 saturated heterocycles. The van der Waals surface area contributed by atoms with Crippen molar-refractivity contribution in [2.24, 2.45) is 5.73 Å². The van der Waals surface area contributed by atoms with E-state index in [4.69, 9.17) is 28.9 Å². The Kier molecular flexibility index (Phi) is 4.43. The normalized spacial score (nSPS) is 10.9. The highest BCUT2D eigenvalue weighted by molar-refractivity contribution is 6.34. The summed E-state index contributed by atoms with van der Waals surface area (Å²) in [6, 6.07) is 13.3. The molecule has 3 N–H and O–H groups in total. The third kappa shape index (κ3) is 3.47. The third-order valence-electron chi connectivity index (χ3n) is 3.27. The average molecular weight is 333 g/mol. The van der Waals surface area contributed by atoms with Crippen molar-refractivity contribution in [1.29, 1.82) is 0 Å². The maximum absolute atomic E-state index is 6.01. The first-order valence-electron chi connectivity index (χ1n) is 6.79. The van der Waals surface area contributed by atoms with Crippen LogP contribution >= 0.6 is 23.2 Å². The molecule has 0 unspecified atom stereocenters. The van der Waals surface area contributed by atoms with Crippen LogP contribution in [0, 0.1) is 0 Å². The van der Waals surface area contributed by atoms with E-state index in [1.807, 2.05) is 36.4 Å². The Bertz CT molecular complexity index is 761. The predicted octanol–water partition coefficient (Wildman–Crippen LogP) is 3.83. The van der Waals surface area contributed by atoms with Crippen LogP contribution in [0.5, 0.6) is 0 Å². The van der Waals surface area contributed by atoms with Crippen LogP contribution < -0.4 is 5.73 Å². The maximum atomic E-state index is 6.01. The number of nitrogens with two attached hydrogens (primary N) is 1. The van der Waals surface area contributed by atoms with E-state index in [1.54, 1.807) is 6.07 Å². The molecule has 0 atom stereocenters. The van der Waals surface area contributed by atoms with E-state index in [-0.39, 0.29) is 0 Å². The number of hydrogen-bond acceptors (Lipinski definition) is 3. The van der Waals surface area contributed by atoms with E-state index < -0.39 is 0 Å². The van der Waals surface area contributed by atoms with Crippen molar-refractivity contribution in [3.8, 4) is 11.4 Å². The summed E-state index contributed by atoms with van der Waals surface area (Å²) in [5, 5.41) is 8.42. The summed E-state index contributed by atoms with van der Waals surface area (Å²) in [4.78, 5) is 4.51. The smallest absolute Gasteiger partial charge is 0.181 e. The van der Waals surface area contributed by atoms with Gasteiger partial charge in [0.05, 0.1) is 0 Å². The number of rotatable bonds is 4. The second-order valence-electron chi connectivity index (χ2n) is 4.96. The lowest BCUT2D eigenvalue weighted by atomic mass is 10.1. The molecule has 0 aliphatic carbocycles. The number of aromatic nitrogens is 3. The zero-order valence-corrected chi connectivity index (χ0v) is 13.2. The van der Waals surface area contributed by atoms with Gasteiger partial charge in [-0.2, -0.15) is 5.10 Å². The van der Waals surface area contributed by atoms with Crippen molar-refractivity contribution in [2.75, 3.05) is 0 Å². The van der Waals surface area contributed by atoms with Gasteiger partial charge >= 0.3 is 0 Å². The molecule has 3 rings (SSSR count). The Balaban J connectivity index is 1.80. The summed E-state index contributed by atoms with van der Waals surface area (Å²) < 4.78 is 0. The van der Waals surface area contributed by atoms with Crippen LogP contribution in [-0.4, -0.2) is 15.2 Å². The van der Waals surface area contributed by atoms with Gasteiger partial charge in [0, 0.05) is 28.6 Å². The van der Waals surface area contributed by atoms with Crippen molar-refractivity contribution in [1.82, 2.24) is 15.2 Å². The van der Waals surface area contributed by atoms with Gasteiger partial charge in [0.1, 0.15) is 5.82 Å². The molecule has 0 amide bonds. The quantitative estimate of drug-likeness (QED) is 0.762. The lowest BCUT2D eigenvalue weighted by Crippen LogP contribution is -1.95. The third-order valence-corrected chi connectivity index (χ3v) is 3.71. The SMILES string of the molecule is NCc1ccc(-c2n[nH]c(Cc3cc(Cl)cc(Cl)c3)n2)cc1. The zero-order valence-electron chi connectivity index (χ0n) is 11.7. The van der Waals surface area contributed by atoms with Gasteiger partial charge in [-0.3, -0.25) is 5.10 Å². The van der Waals surface area contributed by atoms with Crippen LogP contribution in [0.4, 0.5) is 0 Å². The minimum absolute atomic E-state index is 0.523. The molecule has 3 aromatic rings. The van der Waals surface area contributed by atoms with Gasteiger partial charge in [-0.25, -0.2) is 4.98 Å². The fourth-order valence-electron chi connectivity index (χ4n) is 2.20. The predicted molar refractivity (Wildman–Crippen MR) is 89.0 cm³/mol. The maximum Gasteiger partial charge on any atom is 0.181 e. The summed E-state index contributed by atoms with van der Waals surface area (Å²) in [6.07, 6.45) is 0.591. The van der Waals surface area contributed by atoms with Gasteiger partial charge in [0.2, 0.25) is 0 Å². The topological polar surface area (TPSA) is 67.6 Å². The van der Waals surface area contributed by atoms with Gasteiger partial charge < -0.3 is 5.73 Å². The first-order valence-corrected chi connectivity index (χ1v) is 7.55. The molecule has 112 valence electrons. The molecule has 0 spiro atoms. The molecule has 0 bridgehead atoms. The highest BCUT2D eigenvalue weighted by atomic mass is 35.5. The number of nitrogens with one attached hydrogen (secondary N) is 1. The largest absolute Gasteiger partial charge is 0.326 e. The first kappa shape index (κ1) is 15.0. The van der Waals surface area contributed by atoms with Crippen molar-refractivity contribution in [2.45, 2.75) is 13.0 Å². The molecule has 0 aliphatic heterocycles. The van der Waals surface area contributed by atoms with E-state index >= 15 is 0 Å². The minimum atomic E-state index is 0.523. The summed E-state index contributed by atoms with van der Waals surface area (Å²) >= 11 is 12.0. The summed E-state index contributed by atoms with van der Waals surface area (Å²) in [5.41, 5.74) is 8.60. The Morgan fingerprint density at radius 1 is 0.955 bits per heavy atom. The van der Waals surface area contributed by atoms with Gasteiger partial charge in [-0.05, 0) is 29.3 Å². The second-order valence-corrected chi connectivity index (χ2v) is 5.83. The standard InChI is InChI=1S/C16H14Cl2N4/c17-13-5-11(6-14(18)8-13)7-15-20-16(22-21-15)12-3-1-10(9-19)2-4-12/h1-6,8H,7,9,19H2,(H,20,21,22). The van der Waals surface area contributed by atoms with E-state index in [0.29, 0.717) is 28.8 Å². The number of aromatic amines is 1. The molecule has 2 aromatic carbocycles. The van der Waals surface area contributed by atoms with Gasteiger partial charge in [-0.1, -0.05) is 47.5 Å². The van der Waals surface area contributed by atoms with Crippen molar-refractivity contribution >= 4 is 23.2 Å². The van der Waals surface area contributed by atoms with Crippen LogP contribution in [-0.2, 0) is 13.0 Å². The Labute approximate surface area is 138 Å². The fraction of sp³-hybridized carbons (Fsp3) is 0.125. The highest BCUT2D eigenvalue weighted by Gasteiger charge is 2.07. The molecule has 22 heavy (non-hydrogen) atoms. The number of H-pyrrole nitrogens is 1. The Morgan fingerprint density at radius 3 is 2.27 bits per heavy atom. The zero-order chi connectivity index (χ0) is 15.5. The van der Waals surface area contributed by atoms with Gasteiger partial charge in [-0.15, -0.1) is 0 Å². The molecule has 4 nitrogen and oxygen atoms in total. The highest BCUT2D eigenvalue weighted by Crippen LogP contribution is 2.21. The van der Waals surface area contributed by atoms with Crippen LogP contribution in [0.1, 0.15) is 17.0 Å². The molecule has 0 aliphatic rings. The molecule has 0 radical (unpaired) electrons. The van der Waals surface area contributed by atoms with E-state index in [2.05, 4.69) is 15.2 Å². The molecule has 1 aromatic heterocycles. The molecular weight excluding hydrogens is 319 g/mol. The first-order chi connectivity index (χ1) is 10.6. The van der Waals surface area contributed by atoms with Gasteiger partial charge in [0.25, 0.3) is 0 Å². The van der Waals surface area contributed by atoms with E-state index in [0.717, 1.165) is 22.5 Å². The summed E-state index contributed by atoms with van der Waals surface area (Å²) in [5.74, 6) is 1.42. The Hall–Kier alpha value is -1.88. The van der Waals surface area contributed by atoms with Crippen molar-refractivity contribution in [3.05, 3.63) is 69.5 Å². The van der Waals surface area contributed by atoms with Gasteiger partial charge in [0.15, 0.2) is 5.82 Å². The summed E-state index contributed by atoms with van der Waals surface area (Å²) in [7, 11) is 0. The second kappa shape index (κ2) is 6.48. The van der Waals surface area contributed by atoms with E-state index in [1.165, 1.54) is 0 Å². The lowest BCUT2D eigenvalue weighted by Gasteiger charge is -2.00. The number of hydrogen-bond donors (Lipinski definition) is 2. The number of halogens is 2. The molecule has 0 saturated carbocycles. The fourth-order valence-corrected chi connectivity index (χ4v) is 2.77. The van der Waals surface area contributed by atoms with Crippen molar-refractivity contribution < 1.29 is 0 Å². The molecule has 1 heterocycles. The molecule has 0 fully saturated rings. The Morgan fingerprint density at radius 2 is 1.64 bits per heavy atom. The summed E-state index contributed by atoms with van der Waals surface area (Å²) in [6.45, 7) is 0.523. The van der Waals surface area contributed by atoms with Crippen LogP contribution in [0.25, 0.3) is 11.4 Å².